The van der Waals surface area contributed by atoms with Crippen molar-refractivity contribution in [3.8, 4) is 0 Å². The first kappa shape index (κ1) is 14.4. The molecule has 0 spiro atoms. The Hall–Kier alpha value is -1.66. The summed E-state index contributed by atoms with van der Waals surface area (Å²) in [6, 6.07) is 3.64. The van der Waals surface area contributed by atoms with Crippen molar-refractivity contribution in [3.63, 3.8) is 0 Å². The van der Waals surface area contributed by atoms with Gasteiger partial charge >= 0.3 is 12.2 Å². The van der Waals surface area contributed by atoms with Gasteiger partial charge in [0, 0.05) is 7.05 Å². The number of nitrogens with zero attached hydrogens (tertiary/aromatic N) is 1. The van der Waals surface area contributed by atoms with Crippen LogP contribution in [0.4, 0.5) is 15.3 Å². The average Bonchev–Trinajstić information content (AvgIpc) is 2.38. The largest absolute Gasteiger partial charge is 0.533 e. The third-order valence-corrected chi connectivity index (χ3v) is 2.61. The number of rotatable bonds is 1. The van der Waals surface area contributed by atoms with Crippen LogP contribution in [0.1, 0.15) is 0 Å². The number of nitrogens with one attached hydrogen (secondary N) is 1. The van der Waals surface area contributed by atoms with E-state index >= 15 is 0 Å². The number of hydrogen-bond acceptors (Lipinski definition) is 4. The Morgan fingerprint density at radius 2 is 1.94 bits per heavy atom. The van der Waals surface area contributed by atoms with Gasteiger partial charge in [0.25, 0.3) is 0 Å². The molecule has 18 heavy (non-hydrogen) atoms. The third-order valence-electron chi connectivity index (χ3n) is 1.87. The molecule has 1 N–H and O–H groups in total. The fourth-order valence-electron chi connectivity index (χ4n) is 1.04. The van der Waals surface area contributed by atoms with Crippen LogP contribution in [0.3, 0.4) is 0 Å². The zero-order chi connectivity index (χ0) is 13.7. The monoisotopic (exact) mass is 292 g/mol. The van der Waals surface area contributed by atoms with E-state index in [1.807, 2.05) is 0 Å². The summed E-state index contributed by atoms with van der Waals surface area (Å²) in [6.45, 7) is 0. The van der Waals surface area contributed by atoms with Crippen molar-refractivity contribution in [2.24, 2.45) is 0 Å². The summed E-state index contributed by atoms with van der Waals surface area (Å²) < 4.78 is 4.31. The quantitative estimate of drug-likeness (QED) is 0.638. The molecule has 0 aliphatic carbocycles. The summed E-state index contributed by atoms with van der Waals surface area (Å²) in [5, 5.41) is 3.54. The van der Waals surface area contributed by atoms with Crippen LogP contribution >= 0.6 is 23.2 Å². The first-order chi connectivity index (χ1) is 8.49. The fourth-order valence-corrected chi connectivity index (χ4v) is 1.33. The molecule has 0 radical (unpaired) electrons. The second-order valence-corrected chi connectivity index (χ2v) is 3.81. The second-order valence-electron chi connectivity index (χ2n) is 2.99. The summed E-state index contributed by atoms with van der Waals surface area (Å²) in [4.78, 5) is 27.3. The van der Waals surface area contributed by atoms with Gasteiger partial charge in [-0.1, -0.05) is 23.2 Å². The average molecular weight is 293 g/mol. The molecule has 0 aliphatic rings. The van der Waals surface area contributed by atoms with Gasteiger partial charge in [-0.2, -0.15) is 0 Å². The van der Waals surface area contributed by atoms with Crippen molar-refractivity contribution in [2.45, 2.75) is 0 Å². The van der Waals surface area contributed by atoms with Crippen LogP contribution in [-0.2, 0) is 9.57 Å². The van der Waals surface area contributed by atoms with Gasteiger partial charge in [-0.3, -0.25) is 4.84 Å². The minimum atomic E-state index is -1.04. The third kappa shape index (κ3) is 3.41. The number of ether oxygens (including phenoxy) is 1. The zero-order valence-electron chi connectivity index (χ0n) is 9.57. The molecular formula is C10H10Cl2N2O4. The molecule has 6 nitrogen and oxygen atoms in total. The number of carbonyl (C=O) groups excluding carboxylic acids is 2. The summed E-state index contributed by atoms with van der Waals surface area (Å²) in [6.07, 6.45) is -1.04. The van der Waals surface area contributed by atoms with Crippen LogP contribution < -0.4 is 10.4 Å². The van der Waals surface area contributed by atoms with Gasteiger partial charge in [0.1, 0.15) is 0 Å². The maximum Gasteiger partial charge on any atom is 0.533 e. The number of amides is 2. The lowest BCUT2D eigenvalue weighted by molar-refractivity contribution is 0.0683. The molecule has 1 aromatic rings. The summed E-state index contributed by atoms with van der Waals surface area (Å²) >= 11 is 11.6. The van der Waals surface area contributed by atoms with Crippen molar-refractivity contribution >= 4 is 41.1 Å². The molecule has 0 heterocycles. The molecule has 0 saturated heterocycles. The molecule has 0 bridgehead atoms. The van der Waals surface area contributed by atoms with Crippen molar-refractivity contribution in [2.75, 3.05) is 19.2 Å². The first-order valence-electron chi connectivity index (χ1n) is 4.72. The molecule has 8 heteroatoms. The van der Waals surface area contributed by atoms with Crippen molar-refractivity contribution in [1.29, 1.82) is 0 Å². The van der Waals surface area contributed by atoms with Crippen LogP contribution in [0.5, 0.6) is 0 Å². The minimum Gasteiger partial charge on any atom is -0.436 e. The van der Waals surface area contributed by atoms with E-state index in [1.54, 1.807) is 0 Å². The molecule has 0 atom stereocenters. The number of carbonyl (C=O) groups is 2. The Morgan fingerprint density at radius 3 is 2.44 bits per heavy atom. The molecule has 0 saturated carbocycles. The molecule has 0 aromatic heterocycles. The molecule has 98 valence electrons. The maximum atomic E-state index is 11.6. The van der Waals surface area contributed by atoms with E-state index in [-0.39, 0.29) is 10.7 Å². The molecule has 0 aliphatic heterocycles. The molecule has 0 fully saturated rings. The maximum absolute atomic E-state index is 11.6. The van der Waals surface area contributed by atoms with Crippen LogP contribution in [0.2, 0.25) is 10.0 Å². The highest BCUT2D eigenvalue weighted by Gasteiger charge is 2.21. The van der Waals surface area contributed by atoms with Gasteiger partial charge in [-0.15, -0.1) is 5.06 Å². The Labute approximate surface area is 113 Å². The highest BCUT2D eigenvalue weighted by molar-refractivity contribution is 6.42. The Balaban J connectivity index is 3.05. The van der Waals surface area contributed by atoms with Crippen LogP contribution in [-0.4, -0.2) is 26.3 Å². The fraction of sp³-hybridized carbons (Fsp3) is 0.200. The van der Waals surface area contributed by atoms with Gasteiger partial charge in [-0.05, 0) is 18.2 Å². The summed E-state index contributed by atoms with van der Waals surface area (Å²) in [5.41, 5.74) is 0.231. The lowest BCUT2D eigenvalue weighted by Gasteiger charge is -2.19. The predicted octanol–water partition coefficient (Wildman–Crippen LogP) is 2.84. The van der Waals surface area contributed by atoms with Gasteiger partial charge in [-0.25, -0.2) is 9.59 Å². The molecule has 1 rings (SSSR count). The number of hydrogen-bond donors (Lipinski definition) is 1. The molecular weight excluding hydrogens is 283 g/mol. The second kappa shape index (κ2) is 6.32. The van der Waals surface area contributed by atoms with E-state index in [1.165, 1.54) is 25.2 Å². The number of halogens is 2. The number of benzene rings is 1. The van der Waals surface area contributed by atoms with Crippen molar-refractivity contribution < 1.29 is 19.2 Å². The number of methoxy groups -OCH3 is 1. The lowest BCUT2D eigenvalue weighted by Crippen LogP contribution is -2.39. The van der Waals surface area contributed by atoms with Crippen LogP contribution in [0.25, 0.3) is 0 Å². The Bertz CT molecular complexity index is 467. The molecule has 1 aromatic carbocycles. The Kier molecular flexibility index (Phi) is 5.06. The summed E-state index contributed by atoms with van der Waals surface area (Å²) in [7, 11) is 2.51. The SMILES string of the molecule is CNC(=O)N(OC(=O)OC)c1ccc(Cl)c(Cl)c1. The highest BCUT2D eigenvalue weighted by Crippen LogP contribution is 2.27. The predicted molar refractivity (Wildman–Crippen MR) is 66.9 cm³/mol. The lowest BCUT2D eigenvalue weighted by atomic mass is 10.3. The topological polar surface area (TPSA) is 67.9 Å². The van der Waals surface area contributed by atoms with Crippen LogP contribution in [0, 0.1) is 0 Å². The van der Waals surface area contributed by atoms with Crippen molar-refractivity contribution in [1.82, 2.24) is 5.32 Å². The van der Waals surface area contributed by atoms with Gasteiger partial charge in [0.05, 0.1) is 22.8 Å². The smallest absolute Gasteiger partial charge is 0.436 e. The van der Waals surface area contributed by atoms with E-state index in [9.17, 15) is 9.59 Å². The van der Waals surface area contributed by atoms with E-state index in [4.69, 9.17) is 28.0 Å². The number of urea groups is 1. The molecule has 0 unspecified atom stereocenters. The van der Waals surface area contributed by atoms with E-state index < -0.39 is 12.2 Å². The Morgan fingerprint density at radius 1 is 1.28 bits per heavy atom. The molecule has 2 amide bonds. The van der Waals surface area contributed by atoms with E-state index in [2.05, 4.69) is 10.1 Å². The van der Waals surface area contributed by atoms with Gasteiger partial charge < -0.3 is 10.1 Å². The van der Waals surface area contributed by atoms with E-state index in [0.29, 0.717) is 10.1 Å². The normalized spacial score (nSPS) is 9.56. The highest BCUT2D eigenvalue weighted by atomic mass is 35.5. The van der Waals surface area contributed by atoms with Gasteiger partial charge in [0.15, 0.2) is 0 Å². The van der Waals surface area contributed by atoms with E-state index in [0.717, 1.165) is 7.11 Å². The first-order valence-corrected chi connectivity index (χ1v) is 5.48. The van der Waals surface area contributed by atoms with Crippen LogP contribution in [0.15, 0.2) is 18.2 Å². The minimum absolute atomic E-state index is 0.219. The summed E-state index contributed by atoms with van der Waals surface area (Å²) in [5.74, 6) is 0. The number of anilines is 1. The van der Waals surface area contributed by atoms with Crippen molar-refractivity contribution in [3.05, 3.63) is 28.2 Å². The zero-order valence-corrected chi connectivity index (χ0v) is 11.1. The standard InChI is InChI=1S/C10H10Cl2N2O4/c1-13-9(15)14(18-10(16)17-2)6-3-4-7(11)8(12)5-6/h3-5H,1-2H3,(H,13,15). The van der Waals surface area contributed by atoms with Gasteiger partial charge in [0.2, 0.25) is 0 Å². The number of hydroxylamine groups is 1.